The van der Waals surface area contributed by atoms with Gasteiger partial charge in [-0.15, -0.1) is 12.4 Å². The van der Waals surface area contributed by atoms with Gasteiger partial charge in [0.25, 0.3) is 0 Å². The fourth-order valence-electron chi connectivity index (χ4n) is 2.51. The van der Waals surface area contributed by atoms with Crippen LogP contribution in [-0.4, -0.2) is 35.8 Å². The Morgan fingerprint density at radius 1 is 1.28 bits per heavy atom. The van der Waals surface area contributed by atoms with E-state index in [9.17, 15) is 9.59 Å². The summed E-state index contributed by atoms with van der Waals surface area (Å²) < 4.78 is 6.44. The fourth-order valence-corrected chi connectivity index (χ4v) is 2.51. The molecule has 136 valence electrons. The van der Waals surface area contributed by atoms with E-state index in [4.69, 9.17) is 4.74 Å². The number of esters is 1. The molecule has 0 spiro atoms. The average molecular weight is 367 g/mol. The van der Waals surface area contributed by atoms with Crippen molar-refractivity contribution >= 4 is 30.0 Å². The summed E-state index contributed by atoms with van der Waals surface area (Å²) in [5.74, 6) is -0.659. The molecule has 7 nitrogen and oxygen atoms in total. The standard InChI is InChI=1S/C17H22N4O3.ClH/c1-10-6-13(7-14(11(10)2)17(23)24-5)20-16(22)15(18-3)12-8-19-21(4)9-12;/h6-9,15,18H,1-5H3,(H,20,22);1H. The Morgan fingerprint density at radius 2 is 1.96 bits per heavy atom. The number of carbonyl (C=O) groups excluding carboxylic acids is 2. The molecule has 1 amide bonds. The van der Waals surface area contributed by atoms with Gasteiger partial charge in [0.05, 0.1) is 18.9 Å². The maximum atomic E-state index is 12.6. The van der Waals surface area contributed by atoms with Gasteiger partial charge < -0.3 is 15.4 Å². The van der Waals surface area contributed by atoms with Gasteiger partial charge >= 0.3 is 5.97 Å². The van der Waals surface area contributed by atoms with E-state index < -0.39 is 12.0 Å². The highest BCUT2D eigenvalue weighted by molar-refractivity contribution is 5.98. The monoisotopic (exact) mass is 366 g/mol. The zero-order valence-corrected chi connectivity index (χ0v) is 15.7. The van der Waals surface area contributed by atoms with E-state index in [0.717, 1.165) is 16.7 Å². The number of hydrogen-bond donors (Lipinski definition) is 2. The quantitative estimate of drug-likeness (QED) is 0.792. The molecule has 25 heavy (non-hydrogen) atoms. The zero-order valence-electron chi connectivity index (χ0n) is 14.9. The van der Waals surface area contributed by atoms with Crippen molar-refractivity contribution in [2.45, 2.75) is 19.9 Å². The second-order valence-electron chi connectivity index (χ2n) is 5.62. The van der Waals surface area contributed by atoms with Crippen molar-refractivity contribution in [3.05, 3.63) is 46.8 Å². The van der Waals surface area contributed by atoms with Crippen LogP contribution >= 0.6 is 12.4 Å². The third-order valence-corrected chi connectivity index (χ3v) is 3.95. The number of hydrogen-bond acceptors (Lipinski definition) is 5. The summed E-state index contributed by atoms with van der Waals surface area (Å²) in [6.07, 6.45) is 3.42. The van der Waals surface area contributed by atoms with Crippen molar-refractivity contribution in [1.82, 2.24) is 15.1 Å². The minimum Gasteiger partial charge on any atom is -0.465 e. The Bertz CT molecular complexity index is 773. The van der Waals surface area contributed by atoms with Crippen LogP contribution < -0.4 is 10.6 Å². The van der Waals surface area contributed by atoms with Crippen LogP contribution in [0, 0.1) is 13.8 Å². The summed E-state index contributed by atoms with van der Waals surface area (Å²) >= 11 is 0. The van der Waals surface area contributed by atoms with Gasteiger partial charge in [0.2, 0.25) is 5.91 Å². The molecule has 0 fully saturated rings. The van der Waals surface area contributed by atoms with Crippen LogP contribution in [0.3, 0.4) is 0 Å². The van der Waals surface area contributed by atoms with Gasteiger partial charge in [0.1, 0.15) is 6.04 Å². The van der Waals surface area contributed by atoms with E-state index in [1.807, 2.05) is 19.9 Å². The molecule has 1 atom stereocenters. The number of rotatable bonds is 5. The Morgan fingerprint density at radius 3 is 2.48 bits per heavy atom. The smallest absolute Gasteiger partial charge is 0.338 e. The molecule has 1 heterocycles. The number of benzene rings is 1. The highest BCUT2D eigenvalue weighted by Crippen LogP contribution is 2.22. The number of nitrogens with one attached hydrogen (secondary N) is 2. The number of nitrogens with zero attached hydrogens (tertiary/aromatic N) is 2. The minimum atomic E-state index is -0.540. The van der Waals surface area contributed by atoms with E-state index in [2.05, 4.69) is 15.7 Å². The lowest BCUT2D eigenvalue weighted by Gasteiger charge is -2.16. The molecule has 1 aromatic carbocycles. The molecule has 2 rings (SSSR count). The second kappa shape index (κ2) is 8.64. The molecule has 0 aliphatic carbocycles. The van der Waals surface area contributed by atoms with Crippen LogP contribution in [0.15, 0.2) is 24.5 Å². The highest BCUT2D eigenvalue weighted by atomic mass is 35.5. The summed E-state index contributed by atoms with van der Waals surface area (Å²) in [6.45, 7) is 3.73. The van der Waals surface area contributed by atoms with Crippen molar-refractivity contribution in [2.75, 3.05) is 19.5 Å². The van der Waals surface area contributed by atoms with Gasteiger partial charge in [-0.25, -0.2) is 4.79 Å². The van der Waals surface area contributed by atoms with Crippen LogP contribution in [0.25, 0.3) is 0 Å². The Labute approximate surface area is 153 Å². The van der Waals surface area contributed by atoms with Crippen molar-refractivity contribution in [3.63, 3.8) is 0 Å². The predicted molar refractivity (Wildman–Crippen MR) is 98.1 cm³/mol. The first-order chi connectivity index (χ1) is 11.4. The Hall–Kier alpha value is -2.38. The molecular formula is C17H23ClN4O3. The Balaban J connectivity index is 0.00000312. The molecule has 0 aliphatic heterocycles. The number of anilines is 1. The number of likely N-dealkylation sites (N-methyl/N-ethyl adjacent to an activating group) is 1. The molecule has 2 N–H and O–H groups in total. The summed E-state index contributed by atoms with van der Waals surface area (Å²) in [6, 6.07) is 2.92. The van der Waals surface area contributed by atoms with Crippen LogP contribution in [0.2, 0.25) is 0 Å². The normalized spacial score (nSPS) is 11.4. The van der Waals surface area contributed by atoms with Gasteiger partial charge in [-0.05, 0) is 44.2 Å². The number of methoxy groups -OCH3 is 1. The first kappa shape index (κ1) is 20.7. The molecule has 8 heteroatoms. The van der Waals surface area contributed by atoms with E-state index in [1.54, 1.807) is 37.2 Å². The largest absolute Gasteiger partial charge is 0.465 e. The third-order valence-electron chi connectivity index (χ3n) is 3.95. The fraction of sp³-hybridized carbons (Fsp3) is 0.353. The molecule has 0 radical (unpaired) electrons. The van der Waals surface area contributed by atoms with E-state index in [0.29, 0.717) is 11.3 Å². The summed E-state index contributed by atoms with van der Waals surface area (Å²) in [5.41, 5.74) is 3.48. The maximum absolute atomic E-state index is 12.6. The zero-order chi connectivity index (χ0) is 17.9. The van der Waals surface area contributed by atoms with Gasteiger partial charge in [-0.2, -0.15) is 5.10 Å². The number of carbonyl (C=O) groups is 2. The van der Waals surface area contributed by atoms with Gasteiger partial charge in [-0.1, -0.05) is 0 Å². The number of aromatic nitrogens is 2. The summed E-state index contributed by atoms with van der Waals surface area (Å²) in [4.78, 5) is 24.5. The molecular weight excluding hydrogens is 344 g/mol. The van der Waals surface area contributed by atoms with Gasteiger partial charge in [0, 0.05) is 24.5 Å². The number of amides is 1. The first-order valence-corrected chi connectivity index (χ1v) is 7.53. The Kier molecular flexibility index (Phi) is 7.14. The lowest BCUT2D eigenvalue weighted by atomic mass is 10.0. The van der Waals surface area contributed by atoms with E-state index >= 15 is 0 Å². The molecule has 0 bridgehead atoms. The highest BCUT2D eigenvalue weighted by Gasteiger charge is 2.21. The van der Waals surface area contributed by atoms with E-state index in [1.165, 1.54) is 7.11 Å². The molecule has 0 saturated carbocycles. The SMILES string of the molecule is CNC(C(=O)Nc1cc(C)c(C)c(C(=O)OC)c1)c1cnn(C)c1.Cl. The first-order valence-electron chi connectivity index (χ1n) is 7.53. The third kappa shape index (κ3) is 4.58. The lowest BCUT2D eigenvalue weighted by Crippen LogP contribution is -2.30. The van der Waals surface area contributed by atoms with Crippen LogP contribution in [0.5, 0.6) is 0 Å². The van der Waals surface area contributed by atoms with Crippen LogP contribution in [-0.2, 0) is 16.6 Å². The molecule has 1 aromatic heterocycles. The predicted octanol–water partition coefficient (Wildman–Crippen LogP) is 2.14. The van der Waals surface area contributed by atoms with Crippen molar-refractivity contribution in [3.8, 4) is 0 Å². The number of aryl methyl sites for hydroxylation is 2. The van der Waals surface area contributed by atoms with Crippen LogP contribution in [0.1, 0.15) is 33.1 Å². The summed E-state index contributed by atoms with van der Waals surface area (Å²) in [5, 5.41) is 9.90. The molecule has 0 saturated heterocycles. The summed E-state index contributed by atoms with van der Waals surface area (Å²) in [7, 11) is 4.83. The van der Waals surface area contributed by atoms with Crippen LogP contribution in [0.4, 0.5) is 5.69 Å². The number of ether oxygens (including phenoxy) is 1. The maximum Gasteiger partial charge on any atom is 0.338 e. The van der Waals surface area contributed by atoms with Gasteiger partial charge in [0.15, 0.2) is 0 Å². The molecule has 0 aliphatic rings. The van der Waals surface area contributed by atoms with Crippen molar-refractivity contribution < 1.29 is 14.3 Å². The molecule has 1 unspecified atom stereocenters. The molecule has 2 aromatic rings. The minimum absolute atomic E-state index is 0. The van der Waals surface area contributed by atoms with Crippen molar-refractivity contribution in [2.24, 2.45) is 7.05 Å². The second-order valence-corrected chi connectivity index (χ2v) is 5.62. The lowest BCUT2D eigenvalue weighted by molar-refractivity contribution is -0.118. The number of halogens is 1. The van der Waals surface area contributed by atoms with Crippen molar-refractivity contribution in [1.29, 1.82) is 0 Å². The average Bonchev–Trinajstić information content (AvgIpc) is 2.96. The van der Waals surface area contributed by atoms with Gasteiger partial charge in [-0.3, -0.25) is 9.48 Å². The topological polar surface area (TPSA) is 85.2 Å². The van der Waals surface area contributed by atoms with E-state index in [-0.39, 0.29) is 18.3 Å².